The van der Waals surface area contributed by atoms with Crippen molar-refractivity contribution in [3.63, 3.8) is 0 Å². The number of hydrogen-bond acceptors (Lipinski definition) is 8. The van der Waals surface area contributed by atoms with Crippen LogP contribution in [0.4, 0.5) is 0 Å². The zero-order valence-electron chi connectivity index (χ0n) is 9.20. The Bertz CT molecular complexity index is 488. The van der Waals surface area contributed by atoms with Crippen molar-refractivity contribution >= 4 is 24.3 Å². The van der Waals surface area contributed by atoms with Crippen molar-refractivity contribution in [1.82, 2.24) is 0 Å². The van der Waals surface area contributed by atoms with Crippen molar-refractivity contribution in [1.29, 1.82) is 0 Å². The first-order chi connectivity index (χ1) is 8.71. The zero-order chi connectivity index (χ0) is 13.4. The summed E-state index contributed by atoms with van der Waals surface area (Å²) in [5.41, 5.74) is -1.33. The summed E-state index contributed by atoms with van der Waals surface area (Å²) in [6, 6.07) is -1.28. The van der Waals surface area contributed by atoms with Crippen LogP contribution in [0, 0.1) is 0 Å². The summed E-state index contributed by atoms with van der Waals surface area (Å²) in [5, 5.41) is 0. The van der Waals surface area contributed by atoms with Crippen LogP contribution in [0.2, 0.25) is 0 Å². The number of rotatable bonds is 4. The maximum absolute atomic E-state index is 10.3. The number of nitrogens with zero attached hydrogens (tertiary/aromatic N) is 4. The highest BCUT2D eigenvalue weighted by Gasteiger charge is 2.41. The van der Waals surface area contributed by atoms with Crippen LogP contribution < -0.4 is 0 Å². The Morgan fingerprint density at radius 2 is 1.39 bits per heavy atom. The van der Waals surface area contributed by atoms with Gasteiger partial charge in [-0.1, -0.05) is 0 Å². The average molecular weight is 248 g/mol. The fraction of sp³-hybridized carbons (Fsp3) is 0.600. The van der Waals surface area contributed by atoms with Crippen molar-refractivity contribution in [2.24, 2.45) is 20.0 Å². The van der Waals surface area contributed by atoms with E-state index in [1.165, 1.54) is 24.3 Å². The van der Waals surface area contributed by atoms with Crippen LogP contribution in [0.1, 0.15) is 19.3 Å². The van der Waals surface area contributed by atoms with E-state index in [-0.39, 0.29) is 19.3 Å². The second-order valence-electron chi connectivity index (χ2n) is 3.71. The first-order valence-corrected chi connectivity index (χ1v) is 5.03. The van der Waals surface area contributed by atoms with Crippen molar-refractivity contribution < 1.29 is 19.2 Å². The van der Waals surface area contributed by atoms with E-state index < -0.39 is 17.7 Å². The highest BCUT2D eigenvalue weighted by molar-refractivity contribution is 5.41. The molecule has 0 amide bonds. The largest absolute Gasteiger partial charge is 0.237 e. The third kappa shape index (κ3) is 3.01. The van der Waals surface area contributed by atoms with E-state index in [0.717, 1.165) is 0 Å². The molecule has 0 aromatic heterocycles. The molecule has 0 aromatic carbocycles. The molecule has 8 heteroatoms. The van der Waals surface area contributed by atoms with Gasteiger partial charge in [-0.05, 0) is 12.8 Å². The fourth-order valence-electron chi connectivity index (χ4n) is 1.96. The van der Waals surface area contributed by atoms with Crippen molar-refractivity contribution in [3.05, 3.63) is 0 Å². The second kappa shape index (κ2) is 6.30. The fourth-order valence-corrected chi connectivity index (χ4v) is 1.96. The number of isocyanates is 4. The van der Waals surface area contributed by atoms with E-state index in [1.54, 1.807) is 0 Å². The van der Waals surface area contributed by atoms with Gasteiger partial charge in [-0.25, -0.2) is 29.2 Å². The normalized spacial score (nSPS) is 29.8. The van der Waals surface area contributed by atoms with Gasteiger partial charge in [-0.3, -0.25) is 0 Å². The second-order valence-corrected chi connectivity index (χ2v) is 3.71. The van der Waals surface area contributed by atoms with Gasteiger partial charge in [-0.15, -0.1) is 0 Å². The minimum absolute atomic E-state index is 0.0113. The molecular weight excluding hydrogens is 240 g/mol. The molecule has 0 aromatic rings. The third-order valence-electron chi connectivity index (χ3n) is 2.77. The van der Waals surface area contributed by atoms with Crippen molar-refractivity contribution in [2.45, 2.75) is 37.0 Å². The molecule has 1 aliphatic carbocycles. The summed E-state index contributed by atoms with van der Waals surface area (Å²) in [6.45, 7) is 0. The molecule has 0 aliphatic heterocycles. The first kappa shape index (κ1) is 13.6. The molecule has 1 aliphatic rings. The summed E-state index contributed by atoms with van der Waals surface area (Å²) in [6.07, 6.45) is 5.87. The monoisotopic (exact) mass is 248 g/mol. The Morgan fingerprint density at radius 3 is 1.89 bits per heavy atom. The SMILES string of the molecule is O=C=NC1CCC(N=C=O)(N=C=O)CC1N=C=O. The summed E-state index contributed by atoms with van der Waals surface area (Å²) in [5.74, 6) is 0. The lowest BCUT2D eigenvalue weighted by Gasteiger charge is -2.33. The lowest BCUT2D eigenvalue weighted by Crippen LogP contribution is -2.40. The molecule has 18 heavy (non-hydrogen) atoms. The minimum Gasteiger partial charge on any atom is -0.211 e. The quantitative estimate of drug-likeness (QED) is 0.511. The van der Waals surface area contributed by atoms with Crippen LogP contribution in [0.15, 0.2) is 20.0 Å². The number of aliphatic imine (C=N–C) groups is 4. The van der Waals surface area contributed by atoms with Crippen LogP contribution in [-0.2, 0) is 19.2 Å². The first-order valence-electron chi connectivity index (χ1n) is 5.03. The molecule has 0 radical (unpaired) electrons. The van der Waals surface area contributed by atoms with E-state index in [0.29, 0.717) is 0 Å². The molecule has 8 nitrogen and oxygen atoms in total. The Morgan fingerprint density at radius 1 is 0.833 bits per heavy atom. The predicted octanol–water partition coefficient (Wildman–Crippen LogP) is -0.0530. The van der Waals surface area contributed by atoms with Crippen molar-refractivity contribution in [2.75, 3.05) is 0 Å². The Labute approximate surface area is 101 Å². The van der Waals surface area contributed by atoms with Gasteiger partial charge < -0.3 is 0 Å². The van der Waals surface area contributed by atoms with Crippen molar-refractivity contribution in [3.8, 4) is 0 Å². The van der Waals surface area contributed by atoms with Crippen LogP contribution in [0.5, 0.6) is 0 Å². The summed E-state index contributed by atoms with van der Waals surface area (Å²) >= 11 is 0. The molecule has 1 saturated carbocycles. The van der Waals surface area contributed by atoms with E-state index >= 15 is 0 Å². The van der Waals surface area contributed by atoms with Crippen LogP contribution in [0.25, 0.3) is 0 Å². The van der Waals surface area contributed by atoms with Crippen LogP contribution >= 0.6 is 0 Å². The van der Waals surface area contributed by atoms with E-state index in [9.17, 15) is 19.2 Å². The van der Waals surface area contributed by atoms with Gasteiger partial charge in [0.05, 0.1) is 12.1 Å². The highest BCUT2D eigenvalue weighted by atomic mass is 16.1. The Hall–Kier alpha value is -2.48. The van der Waals surface area contributed by atoms with Gasteiger partial charge in [0.25, 0.3) is 0 Å². The van der Waals surface area contributed by atoms with E-state index in [4.69, 9.17) is 0 Å². The number of carbonyl (C=O) groups excluding carboxylic acids is 4. The van der Waals surface area contributed by atoms with Gasteiger partial charge in [0, 0.05) is 6.42 Å². The predicted molar refractivity (Wildman–Crippen MR) is 56.6 cm³/mol. The van der Waals surface area contributed by atoms with Gasteiger partial charge in [0.15, 0.2) is 5.66 Å². The zero-order valence-corrected chi connectivity index (χ0v) is 9.20. The maximum Gasteiger partial charge on any atom is 0.237 e. The van der Waals surface area contributed by atoms with Crippen LogP contribution in [0.3, 0.4) is 0 Å². The molecule has 92 valence electrons. The maximum atomic E-state index is 10.3. The molecule has 2 unspecified atom stereocenters. The summed E-state index contributed by atoms with van der Waals surface area (Å²) < 4.78 is 0. The lowest BCUT2D eigenvalue weighted by atomic mass is 9.83. The summed E-state index contributed by atoms with van der Waals surface area (Å²) in [4.78, 5) is 55.2. The van der Waals surface area contributed by atoms with Gasteiger partial charge in [-0.2, -0.15) is 9.98 Å². The molecular formula is C10H8N4O4. The molecule has 0 saturated heterocycles. The van der Waals surface area contributed by atoms with E-state index in [1.807, 2.05) is 0 Å². The van der Waals surface area contributed by atoms with Gasteiger partial charge in [0.2, 0.25) is 24.3 Å². The van der Waals surface area contributed by atoms with Crippen LogP contribution in [-0.4, -0.2) is 42.1 Å². The highest BCUT2D eigenvalue weighted by Crippen LogP contribution is 2.35. The summed E-state index contributed by atoms with van der Waals surface area (Å²) in [7, 11) is 0. The molecule has 1 rings (SSSR count). The Kier molecular flexibility index (Phi) is 4.76. The average Bonchev–Trinajstić information content (AvgIpc) is 2.34. The molecule has 2 atom stereocenters. The molecule has 1 fully saturated rings. The molecule has 0 bridgehead atoms. The topological polar surface area (TPSA) is 118 Å². The minimum atomic E-state index is -1.33. The standard InChI is InChI=1S/C10H8N4O4/c15-4-11-8-1-2-10(13-6-17,14-7-18)3-9(8)12-5-16/h8-9H,1-3H2. The molecule has 0 N–H and O–H groups in total. The van der Waals surface area contributed by atoms with Gasteiger partial charge in [0.1, 0.15) is 0 Å². The smallest absolute Gasteiger partial charge is 0.211 e. The third-order valence-corrected chi connectivity index (χ3v) is 2.77. The molecule has 0 heterocycles. The van der Waals surface area contributed by atoms with Gasteiger partial charge >= 0.3 is 0 Å². The Balaban J connectivity index is 3.09. The number of hydrogen-bond donors (Lipinski definition) is 0. The van der Waals surface area contributed by atoms with E-state index in [2.05, 4.69) is 20.0 Å². The lowest BCUT2D eigenvalue weighted by molar-refractivity contribution is 0.256. The molecule has 0 spiro atoms.